The molecular formula is C29H29N3O5. The summed E-state index contributed by atoms with van der Waals surface area (Å²) in [6.45, 7) is 5.35. The van der Waals surface area contributed by atoms with Crippen molar-refractivity contribution in [1.82, 2.24) is 9.78 Å². The maximum atomic E-state index is 12.3. The molecule has 0 spiro atoms. The standard InChI is InChI=1S/C29H29N3O5/c1-18-8-6-11-25(19(18)2)32-29(37-20(3)33)27(28(31-32)22-9-7-10-24(16-22)36-5)21-12-14-23(15-13-21)30-26(34)17-35-4/h6-16H,17H2,1-5H3,(H,30,34). The zero-order chi connectivity index (χ0) is 26.5. The van der Waals surface area contributed by atoms with Crippen LogP contribution in [0.25, 0.3) is 28.1 Å². The summed E-state index contributed by atoms with van der Waals surface area (Å²) in [6, 6.07) is 20.7. The minimum absolute atomic E-state index is 0.0407. The van der Waals surface area contributed by atoms with Crippen molar-refractivity contribution in [2.24, 2.45) is 0 Å². The van der Waals surface area contributed by atoms with Crippen molar-refractivity contribution in [1.29, 1.82) is 0 Å². The molecule has 1 amide bonds. The number of carbonyl (C=O) groups is 2. The highest BCUT2D eigenvalue weighted by atomic mass is 16.5. The van der Waals surface area contributed by atoms with Gasteiger partial charge in [0.15, 0.2) is 0 Å². The maximum Gasteiger partial charge on any atom is 0.309 e. The van der Waals surface area contributed by atoms with Gasteiger partial charge < -0.3 is 19.5 Å². The number of nitrogens with zero attached hydrogens (tertiary/aromatic N) is 2. The molecule has 8 heteroatoms. The summed E-state index contributed by atoms with van der Waals surface area (Å²) in [5, 5.41) is 7.74. The predicted molar refractivity (Wildman–Crippen MR) is 142 cm³/mol. The number of anilines is 1. The Bertz CT molecular complexity index is 1440. The van der Waals surface area contributed by atoms with Crippen LogP contribution in [-0.4, -0.2) is 42.5 Å². The van der Waals surface area contributed by atoms with Gasteiger partial charge in [0.1, 0.15) is 18.1 Å². The van der Waals surface area contributed by atoms with Gasteiger partial charge in [0.05, 0.1) is 18.4 Å². The highest BCUT2D eigenvalue weighted by Crippen LogP contribution is 2.42. The van der Waals surface area contributed by atoms with Crippen LogP contribution in [0.1, 0.15) is 18.1 Å². The average molecular weight is 500 g/mol. The number of carbonyl (C=O) groups excluding carboxylic acids is 2. The van der Waals surface area contributed by atoms with Crippen molar-refractivity contribution in [2.45, 2.75) is 20.8 Å². The highest BCUT2D eigenvalue weighted by molar-refractivity contribution is 5.93. The molecular weight excluding hydrogens is 470 g/mol. The van der Waals surface area contributed by atoms with Gasteiger partial charge in [-0.1, -0.05) is 36.4 Å². The third kappa shape index (κ3) is 5.54. The Balaban J connectivity index is 1.95. The highest BCUT2D eigenvalue weighted by Gasteiger charge is 2.25. The first-order valence-electron chi connectivity index (χ1n) is 11.7. The van der Waals surface area contributed by atoms with Crippen LogP contribution in [0.15, 0.2) is 66.7 Å². The lowest BCUT2D eigenvalue weighted by Crippen LogP contribution is -2.16. The van der Waals surface area contributed by atoms with Crippen LogP contribution < -0.4 is 14.8 Å². The Morgan fingerprint density at radius 1 is 0.946 bits per heavy atom. The van der Waals surface area contributed by atoms with Gasteiger partial charge in [0.2, 0.25) is 11.8 Å². The first kappa shape index (κ1) is 25.7. The van der Waals surface area contributed by atoms with E-state index in [0.29, 0.717) is 28.6 Å². The van der Waals surface area contributed by atoms with E-state index in [9.17, 15) is 9.59 Å². The lowest BCUT2D eigenvalue weighted by atomic mass is 10.0. The number of aromatic nitrogens is 2. The van der Waals surface area contributed by atoms with E-state index in [0.717, 1.165) is 27.9 Å². The minimum atomic E-state index is -0.464. The first-order valence-corrected chi connectivity index (χ1v) is 11.7. The number of aryl methyl sites for hydroxylation is 1. The summed E-state index contributed by atoms with van der Waals surface area (Å²) >= 11 is 0. The second-order valence-electron chi connectivity index (χ2n) is 8.54. The SMILES string of the molecule is COCC(=O)Nc1ccc(-c2c(-c3cccc(OC)c3)nn(-c3cccc(C)c3C)c2OC(C)=O)cc1. The van der Waals surface area contributed by atoms with Gasteiger partial charge in [-0.2, -0.15) is 9.78 Å². The number of ether oxygens (including phenoxy) is 3. The summed E-state index contributed by atoms with van der Waals surface area (Å²) in [4.78, 5) is 24.2. The molecule has 0 fully saturated rings. The van der Waals surface area contributed by atoms with Crippen molar-refractivity contribution < 1.29 is 23.8 Å². The summed E-state index contributed by atoms with van der Waals surface area (Å²) in [5.41, 5.74) is 6.33. The van der Waals surface area contributed by atoms with E-state index in [-0.39, 0.29) is 12.5 Å². The number of hydrogen-bond donors (Lipinski definition) is 1. The zero-order valence-electron chi connectivity index (χ0n) is 21.5. The number of amides is 1. The van der Waals surface area contributed by atoms with E-state index in [2.05, 4.69) is 5.32 Å². The first-order chi connectivity index (χ1) is 17.8. The number of hydrogen-bond acceptors (Lipinski definition) is 6. The normalized spacial score (nSPS) is 10.7. The molecule has 37 heavy (non-hydrogen) atoms. The van der Waals surface area contributed by atoms with Gasteiger partial charge >= 0.3 is 5.97 Å². The Kier molecular flexibility index (Phi) is 7.69. The van der Waals surface area contributed by atoms with Crippen molar-refractivity contribution >= 4 is 17.6 Å². The lowest BCUT2D eigenvalue weighted by Gasteiger charge is -2.13. The van der Waals surface area contributed by atoms with Gasteiger partial charge in [0, 0.05) is 25.3 Å². The average Bonchev–Trinajstić information content (AvgIpc) is 3.24. The van der Waals surface area contributed by atoms with Crippen LogP contribution in [0.3, 0.4) is 0 Å². The second kappa shape index (κ2) is 11.1. The Morgan fingerprint density at radius 3 is 2.35 bits per heavy atom. The fourth-order valence-electron chi connectivity index (χ4n) is 4.04. The molecule has 0 saturated carbocycles. The molecule has 0 atom stereocenters. The number of rotatable bonds is 8. The van der Waals surface area contributed by atoms with Crippen LogP contribution in [0.2, 0.25) is 0 Å². The fraction of sp³-hybridized carbons (Fsp3) is 0.207. The maximum absolute atomic E-state index is 12.3. The number of nitrogens with one attached hydrogen (secondary N) is 1. The second-order valence-corrected chi connectivity index (χ2v) is 8.54. The summed E-state index contributed by atoms with van der Waals surface area (Å²) in [6.07, 6.45) is 0. The van der Waals surface area contributed by atoms with E-state index >= 15 is 0 Å². The zero-order valence-corrected chi connectivity index (χ0v) is 21.5. The molecule has 4 aromatic rings. The summed E-state index contributed by atoms with van der Waals surface area (Å²) in [5.74, 6) is 0.258. The van der Waals surface area contributed by atoms with Crippen molar-refractivity contribution in [3.05, 3.63) is 77.9 Å². The molecule has 0 aliphatic heterocycles. The molecule has 4 rings (SSSR count). The Morgan fingerprint density at radius 2 is 1.68 bits per heavy atom. The minimum Gasteiger partial charge on any atom is -0.497 e. The van der Waals surface area contributed by atoms with Crippen LogP contribution in [0.4, 0.5) is 5.69 Å². The predicted octanol–water partition coefficient (Wildman–Crippen LogP) is 5.34. The van der Waals surface area contributed by atoms with Crippen molar-refractivity contribution in [2.75, 3.05) is 26.1 Å². The van der Waals surface area contributed by atoms with Crippen LogP contribution in [0.5, 0.6) is 11.6 Å². The van der Waals surface area contributed by atoms with Crippen LogP contribution in [-0.2, 0) is 14.3 Å². The number of methoxy groups -OCH3 is 2. The Hall–Kier alpha value is -4.43. The largest absolute Gasteiger partial charge is 0.497 e. The van der Waals surface area contributed by atoms with E-state index < -0.39 is 5.97 Å². The lowest BCUT2D eigenvalue weighted by molar-refractivity contribution is -0.132. The van der Waals surface area contributed by atoms with E-state index in [1.54, 1.807) is 23.9 Å². The molecule has 0 radical (unpaired) electrons. The van der Waals surface area contributed by atoms with Crippen LogP contribution in [0, 0.1) is 13.8 Å². The number of esters is 1. The van der Waals surface area contributed by atoms with Gasteiger partial charge in [-0.05, 0) is 60.9 Å². The topological polar surface area (TPSA) is 91.7 Å². The molecule has 0 aliphatic rings. The fourth-order valence-corrected chi connectivity index (χ4v) is 4.04. The third-order valence-electron chi connectivity index (χ3n) is 5.96. The molecule has 3 aromatic carbocycles. The van der Waals surface area contributed by atoms with E-state index in [1.807, 2.05) is 68.4 Å². The molecule has 1 N–H and O–H groups in total. The Labute approximate surface area is 215 Å². The monoisotopic (exact) mass is 499 g/mol. The molecule has 0 aliphatic carbocycles. The molecule has 0 saturated heterocycles. The molecule has 190 valence electrons. The smallest absolute Gasteiger partial charge is 0.309 e. The molecule has 1 aromatic heterocycles. The molecule has 1 heterocycles. The van der Waals surface area contributed by atoms with Crippen LogP contribution >= 0.6 is 0 Å². The van der Waals surface area contributed by atoms with Crippen molar-refractivity contribution in [3.63, 3.8) is 0 Å². The molecule has 0 unspecified atom stereocenters. The third-order valence-corrected chi connectivity index (χ3v) is 5.96. The van der Waals surface area contributed by atoms with Crippen molar-refractivity contribution in [3.8, 4) is 39.7 Å². The summed E-state index contributed by atoms with van der Waals surface area (Å²) in [7, 11) is 3.07. The summed E-state index contributed by atoms with van der Waals surface area (Å²) < 4.78 is 17.8. The number of benzene rings is 3. The van der Waals surface area contributed by atoms with Gasteiger partial charge in [-0.15, -0.1) is 0 Å². The quantitative estimate of drug-likeness (QED) is 0.329. The van der Waals surface area contributed by atoms with E-state index in [4.69, 9.17) is 19.3 Å². The van der Waals surface area contributed by atoms with Gasteiger partial charge in [-0.3, -0.25) is 9.59 Å². The van der Waals surface area contributed by atoms with Gasteiger partial charge in [0.25, 0.3) is 0 Å². The van der Waals surface area contributed by atoms with Gasteiger partial charge in [-0.25, -0.2) is 0 Å². The van der Waals surface area contributed by atoms with E-state index in [1.165, 1.54) is 14.0 Å². The molecule has 0 bridgehead atoms. The molecule has 8 nitrogen and oxygen atoms in total.